The van der Waals surface area contributed by atoms with Crippen LogP contribution in [0, 0.1) is 5.92 Å². The van der Waals surface area contributed by atoms with Gasteiger partial charge >= 0.3 is 0 Å². The van der Waals surface area contributed by atoms with E-state index >= 15 is 0 Å². The Kier molecular flexibility index (Phi) is 5.67. The van der Waals surface area contributed by atoms with Crippen molar-refractivity contribution in [2.24, 2.45) is 5.92 Å². The number of halogens is 1. The number of nitrogens with one attached hydrogen (secondary N) is 1. The Hall–Kier alpha value is 0.1000. The van der Waals surface area contributed by atoms with Crippen LogP contribution in [-0.4, -0.2) is 25.3 Å². The molecule has 4 heteroatoms. The average Bonchev–Trinajstić information content (AvgIpc) is 2.93. The van der Waals surface area contributed by atoms with Gasteiger partial charge in [0, 0.05) is 23.4 Å². The molecule has 3 unspecified atom stereocenters. The van der Waals surface area contributed by atoms with Crippen molar-refractivity contribution in [3.63, 3.8) is 0 Å². The van der Waals surface area contributed by atoms with Gasteiger partial charge in [-0.05, 0) is 60.8 Å². The molecule has 2 heterocycles. The predicted octanol–water partition coefficient (Wildman–Crippen LogP) is 3.85. The number of ether oxygens (including phenoxy) is 1. The quantitative estimate of drug-likeness (QED) is 0.854. The maximum Gasteiger partial charge on any atom is 0.0701 e. The summed E-state index contributed by atoms with van der Waals surface area (Å²) in [7, 11) is 0. The van der Waals surface area contributed by atoms with Gasteiger partial charge in [-0.25, -0.2) is 0 Å². The van der Waals surface area contributed by atoms with E-state index in [1.807, 2.05) is 11.3 Å². The van der Waals surface area contributed by atoms with Crippen LogP contribution in [0.2, 0.25) is 0 Å². The van der Waals surface area contributed by atoms with Gasteiger partial charge < -0.3 is 10.1 Å². The lowest BCUT2D eigenvalue weighted by Gasteiger charge is -2.26. The van der Waals surface area contributed by atoms with E-state index in [0.717, 1.165) is 19.6 Å². The minimum Gasteiger partial charge on any atom is -0.378 e. The van der Waals surface area contributed by atoms with E-state index in [1.165, 1.54) is 21.5 Å². The van der Waals surface area contributed by atoms with E-state index in [0.29, 0.717) is 18.1 Å². The molecule has 18 heavy (non-hydrogen) atoms. The Bertz CT molecular complexity index is 368. The molecule has 1 aliphatic rings. The van der Waals surface area contributed by atoms with Gasteiger partial charge in [-0.2, -0.15) is 0 Å². The van der Waals surface area contributed by atoms with Crippen LogP contribution in [0.15, 0.2) is 15.9 Å². The second kappa shape index (κ2) is 7.04. The van der Waals surface area contributed by atoms with Crippen LogP contribution < -0.4 is 5.32 Å². The summed E-state index contributed by atoms with van der Waals surface area (Å²) in [5.41, 5.74) is 0. The maximum atomic E-state index is 5.72. The summed E-state index contributed by atoms with van der Waals surface area (Å²) in [6, 6.07) is 4.93. The lowest BCUT2D eigenvalue weighted by Crippen LogP contribution is -2.41. The van der Waals surface area contributed by atoms with Crippen molar-refractivity contribution >= 4 is 27.3 Å². The molecule has 0 saturated carbocycles. The summed E-state index contributed by atoms with van der Waals surface area (Å²) in [6.07, 6.45) is 3.89. The Morgan fingerprint density at radius 3 is 2.94 bits per heavy atom. The van der Waals surface area contributed by atoms with Crippen LogP contribution in [-0.2, 0) is 11.2 Å². The largest absolute Gasteiger partial charge is 0.378 e. The molecule has 2 rings (SSSR count). The first-order valence-electron chi connectivity index (χ1n) is 6.80. The van der Waals surface area contributed by atoms with Gasteiger partial charge in [-0.3, -0.25) is 0 Å². The molecule has 0 aromatic carbocycles. The Morgan fingerprint density at radius 1 is 1.56 bits per heavy atom. The molecule has 0 aliphatic carbocycles. The molecular weight excluding hydrogens is 310 g/mol. The van der Waals surface area contributed by atoms with Gasteiger partial charge in [0.1, 0.15) is 0 Å². The Balaban J connectivity index is 2.00. The standard InChI is InChI=1S/C14H22BrNOS/c1-3-7-16-13(12-6-8-17-10(12)2)9-11-4-5-14(15)18-11/h4-5,10,12-13,16H,3,6-9H2,1-2H3. The molecule has 1 aliphatic heterocycles. The first-order chi connectivity index (χ1) is 8.70. The van der Waals surface area contributed by atoms with E-state index in [1.54, 1.807) is 0 Å². The third-order valence-corrected chi connectivity index (χ3v) is 5.30. The highest BCUT2D eigenvalue weighted by Gasteiger charge is 2.31. The summed E-state index contributed by atoms with van der Waals surface area (Å²) in [5.74, 6) is 0.650. The van der Waals surface area contributed by atoms with Gasteiger partial charge in [0.15, 0.2) is 0 Å². The van der Waals surface area contributed by atoms with Crippen molar-refractivity contribution in [2.45, 2.75) is 45.3 Å². The number of hydrogen-bond acceptors (Lipinski definition) is 3. The van der Waals surface area contributed by atoms with E-state index in [-0.39, 0.29) is 0 Å². The molecule has 0 spiro atoms. The molecule has 1 N–H and O–H groups in total. The van der Waals surface area contributed by atoms with E-state index in [9.17, 15) is 0 Å². The van der Waals surface area contributed by atoms with Crippen LogP contribution in [0.5, 0.6) is 0 Å². The molecule has 3 atom stereocenters. The van der Waals surface area contributed by atoms with Crippen LogP contribution in [0.3, 0.4) is 0 Å². The van der Waals surface area contributed by atoms with Crippen molar-refractivity contribution in [3.05, 3.63) is 20.8 Å². The number of thiophene rings is 1. The molecule has 102 valence electrons. The van der Waals surface area contributed by atoms with Gasteiger partial charge in [-0.1, -0.05) is 6.92 Å². The first kappa shape index (κ1) is 14.5. The summed E-state index contributed by atoms with van der Waals surface area (Å²) in [5, 5.41) is 3.71. The highest BCUT2D eigenvalue weighted by atomic mass is 79.9. The lowest BCUT2D eigenvalue weighted by atomic mass is 9.90. The second-order valence-electron chi connectivity index (χ2n) is 5.00. The molecule has 2 nitrogen and oxygen atoms in total. The fourth-order valence-electron chi connectivity index (χ4n) is 2.66. The Labute approximate surface area is 122 Å². The summed E-state index contributed by atoms with van der Waals surface area (Å²) in [4.78, 5) is 1.45. The zero-order chi connectivity index (χ0) is 13.0. The SMILES string of the molecule is CCCNC(Cc1ccc(Br)s1)C1CCOC1C. The highest BCUT2D eigenvalue weighted by Crippen LogP contribution is 2.29. The third kappa shape index (κ3) is 3.80. The van der Waals surface area contributed by atoms with Crippen molar-refractivity contribution in [1.82, 2.24) is 5.32 Å². The fourth-order valence-corrected chi connectivity index (χ4v) is 4.20. The molecule has 1 fully saturated rings. The topological polar surface area (TPSA) is 21.3 Å². The molecule has 1 aromatic rings. The predicted molar refractivity (Wildman–Crippen MR) is 81.3 cm³/mol. The van der Waals surface area contributed by atoms with Gasteiger partial charge in [-0.15, -0.1) is 11.3 Å². The average molecular weight is 332 g/mol. The highest BCUT2D eigenvalue weighted by molar-refractivity contribution is 9.11. The lowest BCUT2D eigenvalue weighted by molar-refractivity contribution is 0.0955. The zero-order valence-electron chi connectivity index (χ0n) is 11.1. The fraction of sp³-hybridized carbons (Fsp3) is 0.714. The monoisotopic (exact) mass is 331 g/mol. The van der Waals surface area contributed by atoms with E-state index in [2.05, 4.69) is 47.2 Å². The minimum absolute atomic E-state index is 0.391. The zero-order valence-corrected chi connectivity index (χ0v) is 13.5. The maximum absolute atomic E-state index is 5.72. The van der Waals surface area contributed by atoms with Crippen LogP contribution >= 0.6 is 27.3 Å². The van der Waals surface area contributed by atoms with Gasteiger partial charge in [0.25, 0.3) is 0 Å². The first-order valence-corrected chi connectivity index (χ1v) is 8.41. The molecule has 1 aromatic heterocycles. The minimum atomic E-state index is 0.391. The van der Waals surface area contributed by atoms with Crippen molar-refractivity contribution in [3.8, 4) is 0 Å². The summed E-state index contributed by atoms with van der Waals surface area (Å²) < 4.78 is 6.95. The van der Waals surface area contributed by atoms with Crippen molar-refractivity contribution in [2.75, 3.05) is 13.2 Å². The second-order valence-corrected chi connectivity index (χ2v) is 7.55. The van der Waals surface area contributed by atoms with Crippen molar-refractivity contribution < 1.29 is 4.74 Å². The molecular formula is C14H22BrNOS. The number of rotatable bonds is 6. The summed E-state index contributed by atoms with van der Waals surface area (Å²) in [6.45, 7) is 6.45. The van der Waals surface area contributed by atoms with Gasteiger partial charge in [0.2, 0.25) is 0 Å². The molecule has 1 saturated heterocycles. The van der Waals surface area contributed by atoms with Crippen LogP contribution in [0.25, 0.3) is 0 Å². The third-order valence-electron chi connectivity index (χ3n) is 3.66. The van der Waals surface area contributed by atoms with Crippen LogP contribution in [0.4, 0.5) is 0 Å². The molecule has 0 amide bonds. The number of hydrogen-bond donors (Lipinski definition) is 1. The molecule has 0 bridgehead atoms. The van der Waals surface area contributed by atoms with E-state index in [4.69, 9.17) is 4.74 Å². The normalized spacial score (nSPS) is 25.5. The molecule has 0 radical (unpaired) electrons. The van der Waals surface area contributed by atoms with Gasteiger partial charge in [0.05, 0.1) is 9.89 Å². The van der Waals surface area contributed by atoms with Crippen LogP contribution in [0.1, 0.15) is 31.6 Å². The summed E-state index contributed by atoms with van der Waals surface area (Å²) >= 11 is 5.39. The van der Waals surface area contributed by atoms with Crippen molar-refractivity contribution in [1.29, 1.82) is 0 Å². The van der Waals surface area contributed by atoms with E-state index < -0.39 is 0 Å². The Morgan fingerprint density at radius 2 is 2.39 bits per heavy atom. The smallest absolute Gasteiger partial charge is 0.0701 e.